The van der Waals surface area contributed by atoms with Gasteiger partial charge in [-0.1, -0.05) is 6.07 Å². The van der Waals surface area contributed by atoms with E-state index in [-0.39, 0.29) is 11.9 Å². The van der Waals surface area contributed by atoms with Gasteiger partial charge in [-0.3, -0.25) is 4.79 Å². The number of carbonyl (C=O) groups is 1. The third-order valence-corrected chi connectivity index (χ3v) is 5.83. The van der Waals surface area contributed by atoms with Gasteiger partial charge in [0.25, 0.3) is 0 Å². The molecule has 6 heteroatoms. The summed E-state index contributed by atoms with van der Waals surface area (Å²) in [7, 11) is 3.27. The second-order valence-electron chi connectivity index (χ2n) is 6.45. The van der Waals surface area contributed by atoms with Crippen LogP contribution < -0.4 is 9.47 Å². The molecule has 1 amide bonds. The molecule has 0 fully saturated rings. The Morgan fingerprint density at radius 3 is 2.71 bits per heavy atom. The summed E-state index contributed by atoms with van der Waals surface area (Å²) in [6.45, 7) is 0.631. The molecule has 4 rings (SSSR count). The molecule has 0 bridgehead atoms. The third kappa shape index (κ3) is 3.43. The number of hydrogen-bond donors (Lipinski definition) is 0. The highest BCUT2D eigenvalue weighted by atomic mass is 32.1. The van der Waals surface area contributed by atoms with Crippen LogP contribution in [0.25, 0.3) is 6.08 Å². The lowest BCUT2D eigenvalue weighted by molar-refractivity contribution is -0.127. The second-order valence-corrected chi connectivity index (χ2v) is 7.43. The fraction of sp³-hybridized carbons (Fsp3) is 0.227. The molecule has 1 unspecified atom stereocenters. The van der Waals surface area contributed by atoms with Crippen molar-refractivity contribution in [1.82, 2.24) is 4.90 Å². The smallest absolute Gasteiger partial charge is 0.247 e. The number of ether oxygens (including phenoxy) is 2. The minimum atomic E-state index is -0.155. The van der Waals surface area contributed by atoms with Crippen LogP contribution in [0.15, 0.2) is 58.5 Å². The molecule has 1 aliphatic heterocycles. The standard InChI is InChI=1S/C22H21NO4S/c1-25-18-13-15-9-10-23(21(24)8-7-16-5-3-11-27-16)22(20-6-4-12-28-20)17(15)14-19(18)26-2/h3-8,11-14,22H,9-10H2,1-2H3. The third-order valence-electron chi connectivity index (χ3n) is 4.90. The molecule has 0 aliphatic carbocycles. The van der Waals surface area contributed by atoms with Crippen molar-refractivity contribution in [3.63, 3.8) is 0 Å². The maximum Gasteiger partial charge on any atom is 0.247 e. The Kier molecular flexibility index (Phi) is 5.21. The molecule has 0 spiro atoms. The van der Waals surface area contributed by atoms with Gasteiger partial charge < -0.3 is 18.8 Å². The maximum absolute atomic E-state index is 13.0. The minimum absolute atomic E-state index is 0.0461. The average Bonchev–Trinajstić information content (AvgIpc) is 3.44. The van der Waals surface area contributed by atoms with Gasteiger partial charge in [-0.05, 0) is 59.3 Å². The number of furan rings is 1. The van der Waals surface area contributed by atoms with Crippen LogP contribution in [0.1, 0.15) is 27.8 Å². The van der Waals surface area contributed by atoms with Crippen LogP contribution in [-0.4, -0.2) is 31.6 Å². The first-order valence-electron chi connectivity index (χ1n) is 9.01. The average molecular weight is 395 g/mol. The molecule has 1 atom stereocenters. The number of rotatable bonds is 5. The van der Waals surface area contributed by atoms with Crippen LogP contribution in [0, 0.1) is 0 Å². The number of amides is 1. The Bertz CT molecular complexity index is 976. The predicted octanol–water partition coefficient (Wildman–Crippen LogP) is 4.55. The molecule has 0 radical (unpaired) electrons. The van der Waals surface area contributed by atoms with Crippen molar-refractivity contribution in [1.29, 1.82) is 0 Å². The topological polar surface area (TPSA) is 51.9 Å². The number of nitrogens with zero attached hydrogens (tertiary/aromatic N) is 1. The Hall–Kier alpha value is -2.99. The van der Waals surface area contributed by atoms with Gasteiger partial charge in [0.1, 0.15) is 5.76 Å². The van der Waals surface area contributed by atoms with E-state index in [4.69, 9.17) is 13.9 Å². The molecule has 144 valence electrons. The SMILES string of the molecule is COc1cc2c(cc1OC)C(c1cccs1)N(C(=O)C=Cc1ccco1)CC2. The van der Waals surface area contributed by atoms with Gasteiger partial charge in [0, 0.05) is 17.5 Å². The highest BCUT2D eigenvalue weighted by Crippen LogP contribution is 2.42. The lowest BCUT2D eigenvalue weighted by Gasteiger charge is -2.37. The van der Waals surface area contributed by atoms with Crippen LogP contribution in [0.2, 0.25) is 0 Å². The lowest BCUT2D eigenvalue weighted by atomic mass is 9.90. The summed E-state index contributed by atoms with van der Waals surface area (Å²) >= 11 is 1.64. The number of thiophene rings is 1. The Labute approximate surface area is 167 Å². The van der Waals surface area contributed by atoms with E-state index in [0.29, 0.717) is 23.8 Å². The van der Waals surface area contributed by atoms with Crippen molar-refractivity contribution in [2.75, 3.05) is 20.8 Å². The van der Waals surface area contributed by atoms with Crippen molar-refractivity contribution >= 4 is 23.3 Å². The van der Waals surface area contributed by atoms with E-state index in [1.54, 1.807) is 50.0 Å². The molecule has 3 heterocycles. The minimum Gasteiger partial charge on any atom is -0.493 e. The van der Waals surface area contributed by atoms with E-state index in [9.17, 15) is 4.79 Å². The van der Waals surface area contributed by atoms with E-state index < -0.39 is 0 Å². The van der Waals surface area contributed by atoms with Gasteiger partial charge in [0.15, 0.2) is 11.5 Å². The van der Waals surface area contributed by atoms with Crippen molar-refractivity contribution in [2.24, 2.45) is 0 Å². The fourth-order valence-corrected chi connectivity index (χ4v) is 4.43. The summed E-state index contributed by atoms with van der Waals surface area (Å²) in [5, 5.41) is 2.03. The van der Waals surface area contributed by atoms with Crippen LogP contribution in [0.3, 0.4) is 0 Å². The highest BCUT2D eigenvalue weighted by molar-refractivity contribution is 7.10. The first-order chi connectivity index (χ1) is 13.7. The molecule has 1 aliphatic rings. The van der Waals surface area contributed by atoms with E-state index >= 15 is 0 Å². The van der Waals surface area contributed by atoms with Gasteiger partial charge >= 0.3 is 0 Å². The summed E-state index contributed by atoms with van der Waals surface area (Å²) in [5.74, 6) is 1.99. The van der Waals surface area contributed by atoms with E-state index in [0.717, 1.165) is 16.9 Å². The maximum atomic E-state index is 13.0. The quantitative estimate of drug-likeness (QED) is 0.595. The van der Waals surface area contributed by atoms with Gasteiger partial charge in [0.2, 0.25) is 5.91 Å². The van der Waals surface area contributed by atoms with Crippen molar-refractivity contribution in [2.45, 2.75) is 12.5 Å². The summed E-state index contributed by atoms with van der Waals surface area (Å²) in [4.78, 5) is 16.1. The zero-order chi connectivity index (χ0) is 19.5. The first-order valence-corrected chi connectivity index (χ1v) is 9.89. The molecule has 0 saturated heterocycles. The van der Waals surface area contributed by atoms with Crippen molar-refractivity contribution < 1.29 is 18.7 Å². The largest absolute Gasteiger partial charge is 0.493 e. The molecular formula is C22H21NO4S. The summed E-state index contributed by atoms with van der Waals surface area (Å²) in [6, 6.07) is 11.6. The Morgan fingerprint density at radius 2 is 2.04 bits per heavy atom. The first kappa shape index (κ1) is 18.4. The Morgan fingerprint density at radius 1 is 1.21 bits per heavy atom. The molecule has 28 heavy (non-hydrogen) atoms. The molecule has 3 aromatic rings. The summed E-state index contributed by atoms with van der Waals surface area (Å²) in [6.07, 6.45) is 5.64. The molecular weight excluding hydrogens is 374 g/mol. The molecule has 5 nitrogen and oxygen atoms in total. The molecule has 0 saturated carbocycles. The lowest BCUT2D eigenvalue weighted by Crippen LogP contribution is -2.39. The number of methoxy groups -OCH3 is 2. The molecule has 2 aromatic heterocycles. The fourth-order valence-electron chi connectivity index (χ4n) is 3.57. The summed E-state index contributed by atoms with van der Waals surface area (Å²) in [5.41, 5.74) is 2.25. The monoisotopic (exact) mass is 395 g/mol. The summed E-state index contributed by atoms with van der Waals surface area (Å²) < 4.78 is 16.3. The zero-order valence-electron chi connectivity index (χ0n) is 15.8. The van der Waals surface area contributed by atoms with Gasteiger partial charge in [-0.15, -0.1) is 11.3 Å². The van der Waals surface area contributed by atoms with E-state index in [1.165, 1.54) is 5.56 Å². The number of carbonyl (C=O) groups excluding carboxylic acids is 1. The number of fused-ring (bicyclic) bond motifs is 1. The molecule has 1 aromatic carbocycles. The molecule has 0 N–H and O–H groups in total. The van der Waals surface area contributed by atoms with Crippen molar-refractivity contribution in [3.05, 3.63) is 75.9 Å². The number of hydrogen-bond acceptors (Lipinski definition) is 5. The highest BCUT2D eigenvalue weighted by Gasteiger charge is 2.33. The van der Waals surface area contributed by atoms with Crippen LogP contribution >= 0.6 is 11.3 Å². The van der Waals surface area contributed by atoms with Gasteiger partial charge in [-0.2, -0.15) is 0 Å². The van der Waals surface area contributed by atoms with Crippen LogP contribution in [-0.2, 0) is 11.2 Å². The predicted molar refractivity (Wildman–Crippen MR) is 109 cm³/mol. The van der Waals surface area contributed by atoms with Gasteiger partial charge in [0.05, 0.1) is 26.5 Å². The second kappa shape index (κ2) is 7.94. The van der Waals surface area contributed by atoms with E-state index in [1.807, 2.05) is 34.5 Å². The Balaban J connectivity index is 1.73. The zero-order valence-corrected chi connectivity index (χ0v) is 16.6. The normalized spacial score (nSPS) is 16.2. The van der Waals surface area contributed by atoms with Crippen LogP contribution in [0.4, 0.5) is 0 Å². The van der Waals surface area contributed by atoms with Gasteiger partial charge in [-0.25, -0.2) is 0 Å². The van der Waals surface area contributed by atoms with E-state index in [2.05, 4.69) is 6.07 Å². The number of benzene rings is 1. The van der Waals surface area contributed by atoms with Crippen LogP contribution in [0.5, 0.6) is 11.5 Å². The van der Waals surface area contributed by atoms with Crippen molar-refractivity contribution in [3.8, 4) is 11.5 Å².